The molecule has 10 heteroatoms. The third-order valence-corrected chi connectivity index (χ3v) is 42.4. The Morgan fingerprint density at radius 2 is 0.212 bits per heavy atom. The van der Waals surface area contributed by atoms with E-state index in [0.29, 0.717) is 34.9 Å². The van der Waals surface area contributed by atoms with E-state index in [-0.39, 0.29) is 0 Å². The zero-order chi connectivity index (χ0) is 79.0. The first-order valence-corrected chi connectivity index (χ1v) is 48.2. The van der Waals surface area contributed by atoms with Crippen molar-refractivity contribution in [2.75, 3.05) is 0 Å². The van der Waals surface area contributed by atoms with Crippen molar-refractivity contribution in [2.45, 2.75) is 0 Å². The van der Waals surface area contributed by atoms with Gasteiger partial charge in [0.1, 0.15) is 0 Å². The summed E-state index contributed by atoms with van der Waals surface area (Å²) in [5, 5.41) is 20.0. The summed E-state index contributed by atoms with van der Waals surface area (Å²) >= 11 is 0. The first-order valence-electron chi connectivity index (χ1n) is 40.2. The monoisotopic (exact) mass is 1570 g/mol. The van der Waals surface area contributed by atoms with Gasteiger partial charge in [0.25, 0.3) is 0 Å². The Morgan fingerprint density at radius 1 is 0.102 bits per heavy atom. The fourth-order valence-corrected chi connectivity index (χ4v) is 37.3. The van der Waals surface area contributed by atoms with Crippen LogP contribution >= 0.6 is 0 Å². The molecule has 0 saturated carbocycles. The molecular weight excluding hydrogens is 1490 g/mol. The number of aromatic nitrogens is 6. The van der Waals surface area contributed by atoms with Gasteiger partial charge in [-0.25, -0.2) is 29.9 Å². The molecule has 0 aliphatic rings. The highest BCUT2D eigenvalue weighted by atomic mass is 28.3. The molecule has 0 aliphatic heterocycles. The van der Waals surface area contributed by atoms with E-state index in [1.165, 1.54) is 83.0 Å². The van der Waals surface area contributed by atoms with Crippen molar-refractivity contribution in [2.24, 2.45) is 0 Å². The van der Waals surface area contributed by atoms with E-state index in [1.807, 2.05) is 0 Å². The van der Waals surface area contributed by atoms with E-state index in [1.54, 1.807) is 0 Å². The van der Waals surface area contributed by atoms with Gasteiger partial charge in [0.15, 0.2) is 67.2 Å². The number of benzene rings is 17. The van der Waals surface area contributed by atoms with Gasteiger partial charge in [-0.2, -0.15) is 0 Å². The molecule has 6 nitrogen and oxygen atoms in total. The van der Waals surface area contributed by atoms with E-state index in [4.69, 9.17) is 29.9 Å². The standard InChI is InChI=1S/C108H80N6Si4/c1-13-48-87(49-14-1)115(88-50-15-2-16-51-88,89-52-17-3-18-53-89)99-72-38-44-83(77-99)105-109-103(110-106(113-105)84-45-39-73-100(78-84)116(90-54-19-4-20-55-90,91-56-21-5-22-57-91)92-58-23-6-24-59-92)81-42-37-43-82(76-81)104-111-107(85-46-40-74-101(79-85)117(93-60-25-7-26-61-93,94-62-27-8-28-63-94)95-64-29-9-30-65-95)114-108(112-104)86-47-41-75-102(80-86)118(96-66-31-10-32-67-96,97-68-33-11-34-69-97)98-70-35-12-36-71-98/h1-80H. The summed E-state index contributed by atoms with van der Waals surface area (Å²) in [6.07, 6.45) is 0. The van der Waals surface area contributed by atoms with Gasteiger partial charge in [0.05, 0.1) is 0 Å². The third-order valence-electron chi connectivity index (χ3n) is 23.3. The smallest absolute Gasteiger partial charge is 0.179 e. The summed E-state index contributed by atoms with van der Waals surface area (Å²) < 4.78 is 0. The molecule has 2 heterocycles. The predicted molar refractivity (Wildman–Crippen MR) is 500 cm³/mol. The zero-order valence-corrected chi connectivity index (χ0v) is 68.9. The van der Waals surface area contributed by atoms with E-state index in [2.05, 4.69) is 485 Å². The molecule has 2 aromatic heterocycles. The molecule has 0 bridgehead atoms. The van der Waals surface area contributed by atoms with Gasteiger partial charge >= 0.3 is 0 Å². The van der Waals surface area contributed by atoms with Crippen molar-refractivity contribution in [3.63, 3.8) is 0 Å². The van der Waals surface area contributed by atoms with Crippen molar-refractivity contribution >= 4 is 115 Å². The highest BCUT2D eigenvalue weighted by Crippen LogP contribution is 2.31. The van der Waals surface area contributed by atoms with Crippen LogP contribution in [0.25, 0.3) is 68.3 Å². The molecule has 118 heavy (non-hydrogen) atoms. The Hall–Kier alpha value is -14.4. The third kappa shape index (κ3) is 13.5. The van der Waals surface area contributed by atoms with Crippen molar-refractivity contribution in [3.05, 3.63) is 485 Å². The van der Waals surface area contributed by atoms with Crippen LogP contribution in [0.2, 0.25) is 0 Å². The normalized spacial score (nSPS) is 11.7. The van der Waals surface area contributed by atoms with Crippen molar-refractivity contribution in [3.8, 4) is 68.3 Å². The molecule has 558 valence electrons. The van der Waals surface area contributed by atoms with Gasteiger partial charge < -0.3 is 0 Å². The molecule has 19 aromatic rings. The van der Waals surface area contributed by atoms with Gasteiger partial charge in [0.2, 0.25) is 0 Å². The Balaban J connectivity index is 0.835. The summed E-state index contributed by atoms with van der Waals surface area (Å²) in [5.74, 6) is 3.16. The predicted octanol–water partition coefficient (Wildman–Crippen LogP) is 13.6. The minimum Gasteiger partial charge on any atom is -0.208 e. The summed E-state index contributed by atoms with van der Waals surface area (Å²) in [6.45, 7) is 0. The number of hydrogen-bond acceptors (Lipinski definition) is 6. The molecule has 0 amide bonds. The van der Waals surface area contributed by atoms with Crippen LogP contribution in [0.3, 0.4) is 0 Å². The summed E-state index contributed by atoms with van der Waals surface area (Å²) in [7, 11) is -12.2. The maximum Gasteiger partial charge on any atom is 0.179 e. The van der Waals surface area contributed by atoms with Crippen LogP contribution in [0, 0.1) is 0 Å². The van der Waals surface area contributed by atoms with Crippen molar-refractivity contribution < 1.29 is 0 Å². The number of rotatable bonds is 22. The van der Waals surface area contributed by atoms with E-state index >= 15 is 0 Å². The van der Waals surface area contributed by atoms with Crippen LogP contribution in [0.5, 0.6) is 0 Å². The van der Waals surface area contributed by atoms with Crippen LogP contribution in [0.15, 0.2) is 485 Å². The van der Waals surface area contributed by atoms with Gasteiger partial charge in [0, 0.05) is 33.4 Å². The molecular formula is C108H80N6Si4. The molecule has 0 fully saturated rings. The van der Waals surface area contributed by atoms with Gasteiger partial charge in [-0.05, 0) is 89.1 Å². The van der Waals surface area contributed by atoms with E-state index in [0.717, 1.165) is 33.4 Å². The molecule has 0 atom stereocenters. The van der Waals surface area contributed by atoms with Crippen LogP contribution < -0.4 is 83.0 Å². The van der Waals surface area contributed by atoms with E-state index < -0.39 is 32.3 Å². The molecule has 0 radical (unpaired) electrons. The lowest BCUT2D eigenvalue weighted by Crippen LogP contribution is -2.74. The molecule has 0 spiro atoms. The van der Waals surface area contributed by atoms with Crippen LogP contribution in [-0.2, 0) is 0 Å². The largest absolute Gasteiger partial charge is 0.208 e. The van der Waals surface area contributed by atoms with Crippen LogP contribution in [-0.4, -0.2) is 62.2 Å². The minimum atomic E-state index is -3.05. The Kier molecular flexibility index (Phi) is 20.5. The van der Waals surface area contributed by atoms with Crippen molar-refractivity contribution in [1.82, 2.24) is 29.9 Å². The zero-order valence-electron chi connectivity index (χ0n) is 64.9. The quantitative estimate of drug-likeness (QED) is 0.0497. The highest BCUT2D eigenvalue weighted by molar-refractivity contribution is 7.22. The lowest BCUT2D eigenvalue weighted by atomic mass is 10.1. The average molecular weight is 1570 g/mol. The van der Waals surface area contributed by atoms with Gasteiger partial charge in [-0.3, -0.25) is 0 Å². The molecule has 19 rings (SSSR count). The lowest BCUT2D eigenvalue weighted by molar-refractivity contribution is 1.07. The first kappa shape index (κ1) is 73.8. The summed E-state index contributed by atoms with van der Waals surface area (Å²) in [6, 6.07) is 177. The maximum atomic E-state index is 5.70. The van der Waals surface area contributed by atoms with Crippen molar-refractivity contribution in [1.29, 1.82) is 0 Å². The van der Waals surface area contributed by atoms with Crippen LogP contribution in [0.1, 0.15) is 0 Å². The van der Waals surface area contributed by atoms with E-state index in [9.17, 15) is 0 Å². The molecule has 0 unspecified atom stereocenters. The molecule has 0 saturated heterocycles. The highest BCUT2D eigenvalue weighted by Gasteiger charge is 2.46. The second kappa shape index (κ2) is 32.9. The second-order valence-corrected chi connectivity index (χ2v) is 45.1. The van der Waals surface area contributed by atoms with Crippen LogP contribution in [0.4, 0.5) is 0 Å². The Bertz CT molecular complexity index is 5490. The molecule has 0 aliphatic carbocycles. The first-order chi connectivity index (χ1) is 58.5. The fraction of sp³-hybridized carbons (Fsp3) is 0. The SMILES string of the molecule is c1ccc([Si](c2ccccc2)(c2ccccc2)c2cccc(-c3nc(-c4cccc(-c5nc(-c6cccc([Si](c7ccccc7)(c7ccccc7)c7ccccc7)c6)nc(-c6cccc([Si](c7ccccc7)(c7ccccc7)c7ccccc7)c6)n5)c4)nc(-c4cccc([Si](c5ccccc5)(c5ccccc5)c5ccccc5)c4)n3)c2)cc1. The summed E-state index contributed by atoms with van der Waals surface area (Å²) in [5.41, 5.74) is 4.99. The Labute approximate surface area is 693 Å². The second-order valence-electron chi connectivity index (χ2n) is 29.9. The summed E-state index contributed by atoms with van der Waals surface area (Å²) in [4.78, 5) is 34.2. The topological polar surface area (TPSA) is 77.3 Å². The maximum absolute atomic E-state index is 5.70. The number of nitrogens with zero attached hydrogens (tertiary/aromatic N) is 6. The number of hydrogen-bond donors (Lipinski definition) is 0. The molecule has 17 aromatic carbocycles. The molecule has 0 N–H and O–H groups in total. The van der Waals surface area contributed by atoms with Gasteiger partial charge in [-0.15, -0.1) is 0 Å². The van der Waals surface area contributed by atoms with Gasteiger partial charge in [-0.1, -0.05) is 479 Å². The minimum absolute atomic E-state index is 0.496. The lowest BCUT2D eigenvalue weighted by Gasteiger charge is -2.34. The Morgan fingerprint density at radius 3 is 0.347 bits per heavy atom. The average Bonchev–Trinajstić information content (AvgIpc) is 0.746. The fourth-order valence-electron chi connectivity index (χ4n) is 18.1.